The molecule has 0 aromatic heterocycles. The Morgan fingerprint density at radius 3 is 2.47 bits per heavy atom. The van der Waals surface area contributed by atoms with Gasteiger partial charge in [0.2, 0.25) is 0 Å². The Kier molecular flexibility index (Phi) is 5.63. The Bertz CT molecular complexity index is 329. The first-order chi connectivity index (χ1) is 8.84. The molecule has 0 aliphatic heterocycles. The Hall–Kier alpha value is -1.26. The first kappa shape index (κ1) is 15.8. The lowest BCUT2D eigenvalue weighted by Crippen LogP contribution is -2.53. The zero-order valence-corrected chi connectivity index (χ0v) is 12.2. The average molecular weight is 270 g/mol. The van der Waals surface area contributed by atoms with Crippen LogP contribution in [0.4, 0.5) is 4.79 Å². The molecule has 5 nitrogen and oxygen atoms in total. The third-order valence-corrected chi connectivity index (χ3v) is 3.80. The Morgan fingerprint density at radius 1 is 1.26 bits per heavy atom. The number of nitrogens with one attached hydrogen (secondary N) is 2. The molecule has 3 N–H and O–H groups in total. The van der Waals surface area contributed by atoms with Gasteiger partial charge in [0.1, 0.15) is 0 Å². The first-order valence-corrected chi connectivity index (χ1v) is 7.14. The molecular weight excluding hydrogens is 244 g/mol. The summed E-state index contributed by atoms with van der Waals surface area (Å²) < 4.78 is 0. The number of urea groups is 1. The molecule has 0 bridgehead atoms. The van der Waals surface area contributed by atoms with Gasteiger partial charge in [-0.2, -0.15) is 0 Å². The zero-order chi connectivity index (χ0) is 14.5. The van der Waals surface area contributed by atoms with E-state index in [0.717, 1.165) is 19.3 Å². The van der Waals surface area contributed by atoms with E-state index in [1.807, 2.05) is 0 Å². The van der Waals surface area contributed by atoms with E-state index in [9.17, 15) is 9.59 Å². The summed E-state index contributed by atoms with van der Waals surface area (Å²) in [6, 6.07) is -0.0315. The van der Waals surface area contributed by atoms with Crippen LogP contribution in [0, 0.1) is 5.92 Å². The number of carbonyl (C=O) groups is 2. The van der Waals surface area contributed by atoms with E-state index < -0.39 is 11.5 Å². The van der Waals surface area contributed by atoms with Gasteiger partial charge in [-0.15, -0.1) is 0 Å². The van der Waals surface area contributed by atoms with Crippen molar-refractivity contribution in [2.45, 2.75) is 70.9 Å². The molecule has 0 aromatic carbocycles. The molecule has 19 heavy (non-hydrogen) atoms. The van der Waals surface area contributed by atoms with Crippen LogP contribution in [0.3, 0.4) is 0 Å². The summed E-state index contributed by atoms with van der Waals surface area (Å²) in [5.41, 5.74) is -0.730. The second-order valence-corrected chi connectivity index (χ2v) is 6.11. The van der Waals surface area contributed by atoms with Gasteiger partial charge in [-0.25, -0.2) is 4.79 Å². The number of carboxylic acid groups (broad SMARTS) is 1. The van der Waals surface area contributed by atoms with Crippen molar-refractivity contribution in [1.29, 1.82) is 0 Å². The number of aliphatic carboxylic acids is 1. The molecule has 1 aliphatic rings. The van der Waals surface area contributed by atoms with E-state index in [1.165, 1.54) is 12.8 Å². The van der Waals surface area contributed by atoms with E-state index in [4.69, 9.17) is 5.11 Å². The van der Waals surface area contributed by atoms with Crippen molar-refractivity contribution >= 4 is 12.0 Å². The van der Waals surface area contributed by atoms with Crippen molar-refractivity contribution in [2.24, 2.45) is 5.92 Å². The van der Waals surface area contributed by atoms with Crippen LogP contribution in [-0.2, 0) is 4.79 Å². The Balaban J connectivity index is 2.47. The molecule has 5 heteroatoms. The number of hydrogen-bond donors (Lipinski definition) is 3. The molecule has 1 rings (SSSR count). The SMILES string of the molecule is CCC1CCCCC1NC(=O)NC(C)(C)CC(=O)O. The molecule has 0 aromatic rings. The van der Waals surface area contributed by atoms with Crippen LogP contribution < -0.4 is 10.6 Å². The van der Waals surface area contributed by atoms with Gasteiger partial charge in [-0.05, 0) is 32.6 Å². The summed E-state index contributed by atoms with van der Waals surface area (Å²) in [6.45, 7) is 5.59. The van der Waals surface area contributed by atoms with Crippen LogP contribution in [0.1, 0.15) is 59.3 Å². The summed E-state index contributed by atoms with van der Waals surface area (Å²) in [5.74, 6) is -0.364. The van der Waals surface area contributed by atoms with Crippen molar-refractivity contribution in [2.75, 3.05) is 0 Å². The molecule has 0 saturated heterocycles. The topological polar surface area (TPSA) is 78.4 Å². The summed E-state index contributed by atoms with van der Waals surface area (Å²) in [7, 11) is 0. The number of rotatable bonds is 5. The molecular formula is C14H26N2O3. The lowest BCUT2D eigenvalue weighted by Gasteiger charge is -2.33. The van der Waals surface area contributed by atoms with Crippen LogP contribution in [0.2, 0.25) is 0 Å². The predicted molar refractivity (Wildman–Crippen MR) is 74.0 cm³/mol. The molecule has 0 spiro atoms. The zero-order valence-electron chi connectivity index (χ0n) is 12.2. The van der Waals surface area contributed by atoms with Gasteiger partial charge in [-0.1, -0.05) is 26.2 Å². The number of carboxylic acids is 1. The summed E-state index contributed by atoms with van der Waals surface area (Å²) in [6.07, 6.45) is 5.57. The fourth-order valence-corrected chi connectivity index (χ4v) is 2.82. The molecule has 2 atom stereocenters. The van der Waals surface area contributed by atoms with Crippen molar-refractivity contribution in [3.63, 3.8) is 0 Å². The molecule has 2 unspecified atom stereocenters. The van der Waals surface area contributed by atoms with E-state index in [0.29, 0.717) is 5.92 Å². The highest BCUT2D eigenvalue weighted by Gasteiger charge is 2.28. The minimum Gasteiger partial charge on any atom is -0.481 e. The van der Waals surface area contributed by atoms with Crippen LogP contribution in [0.25, 0.3) is 0 Å². The molecule has 1 saturated carbocycles. The van der Waals surface area contributed by atoms with Crippen molar-refractivity contribution in [3.05, 3.63) is 0 Å². The van der Waals surface area contributed by atoms with Crippen LogP contribution >= 0.6 is 0 Å². The minimum atomic E-state index is -0.908. The number of carbonyl (C=O) groups excluding carboxylic acids is 1. The van der Waals surface area contributed by atoms with Gasteiger partial charge < -0.3 is 15.7 Å². The predicted octanol–water partition coefficient (Wildman–Crippen LogP) is 2.51. The Morgan fingerprint density at radius 2 is 1.89 bits per heavy atom. The second-order valence-electron chi connectivity index (χ2n) is 6.11. The highest BCUT2D eigenvalue weighted by molar-refractivity contribution is 5.76. The van der Waals surface area contributed by atoms with Crippen molar-refractivity contribution < 1.29 is 14.7 Å². The van der Waals surface area contributed by atoms with Crippen molar-refractivity contribution in [3.8, 4) is 0 Å². The van der Waals surface area contributed by atoms with E-state index in [2.05, 4.69) is 17.6 Å². The number of hydrogen-bond acceptors (Lipinski definition) is 2. The van der Waals surface area contributed by atoms with Gasteiger partial charge in [0.05, 0.1) is 6.42 Å². The van der Waals surface area contributed by atoms with Crippen LogP contribution in [0.5, 0.6) is 0 Å². The second kappa shape index (κ2) is 6.78. The molecule has 1 fully saturated rings. The highest BCUT2D eigenvalue weighted by Crippen LogP contribution is 2.26. The standard InChI is InChI=1S/C14H26N2O3/c1-4-10-7-5-6-8-11(10)15-13(19)16-14(2,3)9-12(17)18/h10-11H,4-9H2,1-3H3,(H,17,18)(H2,15,16,19). The largest absolute Gasteiger partial charge is 0.481 e. The molecule has 0 radical (unpaired) electrons. The van der Waals surface area contributed by atoms with E-state index in [1.54, 1.807) is 13.8 Å². The Labute approximate surface area is 115 Å². The molecule has 1 aliphatic carbocycles. The molecule has 0 heterocycles. The summed E-state index contributed by atoms with van der Waals surface area (Å²) in [4.78, 5) is 22.7. The molecule has 2 amide bonds. The molecule has 110 valence electrons. The van der Waals surface area contributed by atoms with E-state index >= 15 is 0 Å². The first-order valence-electron chi connectivity index (χ1n) is 7.14. The van der Waals surface area contributed by atoms with Gasteiger partial charge in [0, 0.05) is 11.6 Å². The van der Waals surface area contributed by atoms with Crippen LogP contribution in [-0.4, -0.2) is 28.7 Å². The average Bonchev–Trinajstić information content (AvgIpc) is 2.26. The van der Waals surface area contributed by atoms with E-state index in [-0.39, 0.29) is 18.5 Å². The normalized spacial score (nSPS) is 23.7. The minimum absolute atomic E-state index is 0.0811. The summed E-state index contributed by atoms with van der Waals surface area (Å²) in [5, 5.41) is 14.5. The quantitative estimate of drug-likeness (QED) is 0.718. The summed E-state index contributed by atoms with van der Waals surface area (Å²) >= 11 is 0. The van der Waals surface area contributed by atoms with Crippen molar-refractivity contribution in [1.82, 2.24) is 10.6 Å². The third-order valence-electron chi connectivity index (χ3n) is 3.80. The fourth-order valence-electron chi connectivity index (χ4n) is 2.82. The van der Waals surface area contributed by atoms with Gasteiger partial charge >= 0.3 is 12.0 Å². The van der Waals surface area contributed by atoms with Gasteiger partial charge in [0.15, 0.2) is 0 Å². The lowest BCUT2D eigenvalue weighted by atomic mass is 9.83. The van der Waals surface area contributed by atoms with Crippen LogP contribution in [0.15, 0.2) is 0 Å². The number of amides is 2. The monoisotopic (exact) mass is 270 g/mol. The smallest absolute Gasteiger partial charge is 0.315 e. The highest BCUT2D eigenvalue weighted by atomic mass is 16.4. The van der Waals surface area contributed by atoms with Gasteiger partial charge in [-0.3, -0.25) is 4.79 Å². The van der Waals surface area contributed by atoms with Gasteiger partial charge in [0.25, 0.3) is 0 Å². The maximum Gasteiger partial charge on any atom is 0.315 e. The lowest BCUT2D eigenvalue weighted by molar-refractivity contribution is -0.138. The maximum atomic E-state index is 12.0. The fraction of sp³-hybridized carbons (Fsp3) is 0.857. The maximum absolute atomic E-state index is 12.0. The third kappa shape index (κ3) is 5.49.